The third-order valence-corrected chi connectivity index (χ3v) is 2.29. The number of aryl methyl sites for hydroxylation is 1. The molecule has 4 heteroatoms. The number of anilines is 1. The van der Waals surface area contributed by atoms with Crippen molar-refractivity contribution in [3.63, 3.8) is 0 Å². The minimum atomic E-state index is -0.655. The van der Waals surface area contributed by atoms with Crippen molar-refractivity contribution in [2.24, 2.45) is 5.73 Å². The van der Waals surface area contributed by atoms with Gasteiger partial charge in [-0.05, 0) is 31.0 Å². The Balaban J connectivity index is 3.12. The molecule has 0 bridgehead atoms. The van der Waals surface area contributed by atoms with Crippen molar-refractivity contribution in [3.8, 4) is 5.75 Å². The van der Waals surface area contributed by atoms with Crippen molar-refractivity contribution in [2.75, 3.05) is 5.73 Å². The van der Waals surface area contributed by atoms with E-state index in [0.29, 0.717) is 11.3 Å². The van der Waals surface area contributed by atoms with Crippen molar-refractivity contribution in [1.82, 2.24) is 0 Å². The van der Waals surface area contributed by atoms with Gasteiger partial charge in [-0.3, -0.25) is 0 Å². The Morgan fingerprint density at radius 2 is 1.93 bits per heavy atom. The van der Waals surface area contributed by atoms with Gasteiger partial charge in [-0.1, -0.05) is 6.07 Å². The van der Waals surface area contributed by atoms with Gasteiger partial charge in [0.05, 0.1) is 17.8 Å². The zero-order chi connectivity index (χ0) is 10.9. The molecule has 1 aromatic rings. The van der Waals surface area contributed by atoms with Gasteiger partial charge < -0.3 is 21.7 Å². The highest BCUT2D eigenvalue weighted by Gasteiger charge is 2.14. The van der Waals surface area contributed by atoms with E-state index in [-0.39, 0.29) is 5.75 Å². The summed E-state index contributed by atoms with van der Waals surface area (Å²) in [6.07, 6.45) is -0.655. The van der Waals surface area contributed by atoms with Crippen LogP contribution in [0.2, 0.25) is 0 Å². The van der Waals surface area contributed by atoms with Crippen LogP contribution in [0.1, 0.15) is 24.1 Å². The molecule has 0 saturated heterocycles. The summed E-state index contributed by atoms with van der Waals surface area (Å²) in [5, 5.41) is 18.7. The van der Waals surface area contributed by atoms with Crippen LogP contribution in [0.25, 0.3) is 0 Å². The molecule has 0 heterocycles. The summed E-state index contributed by atoms with van der Waals surface area (Å²) >= 11 is 0. The molecular formula is C10H16N2O2. The molecule has 0 aliphatic rings. The van der Waals surface area contributed by atoms with Gasteiger partial charge in [-0.25, -0.2) is 0 Å². The van der Waals surface area contributed by atoms with Crippen molar-refractivity contribution in [2.45, 2.75) is 26.0 Å². The van der Waals surface area contributed by atoms with Crippen LogP contribution in [-0.4, -0.2) is 16.3 Å². The van der Waals surface area contributed by atoms with Crippen molar-refractivity contribution in [1.29, 1.82) is 0 Å². The summed E-state index contributed by atoms with van der Waals surface area (Å²) in [6.45, 7) is 3.39. The van der Waals surface area contributed by atoms with Crippen molar-refractivity contribution >= 4 is 5.69 Å². The number of aliphatic hydroxyl groups excluding tert-OH is 1. The summed E-state index contributed by atoms with van der Waals surface area (Å²) in [6, 6.07) is 2.76. The predicted molar refractivity (Wildman–Crippen MR) is 55.9 cm³/mol. The molecule has 0 amide bonds. The van der Waals surface area contributed by atoms with E-state index in [1.165, 1.54) is 6.07 Å². The van der Waals surface area contributed by atoms with Gasteiger partial charge >= 0.3 is 0 Å². The first kappa shape index (κ1) is 10.8. The third-order valence-electron chi connectivity index (χ3n) is 2.29. The van der Waals surface area contributed by atoms with Gasteiger partial charge in [0.1, 0.15) is 5.75 Å². The van der Waals surface area contributed by atoms with Gasteiger partial charge in [0.2, 0.25) is 0 Å². The number of aliphatic hydroxyl groups is 1. The summed E-state index contributed by atoms with van der Waals surface area (Å²) < 4.78 is 0. The second-order valence-electron chi connectivity index (χ2n) is 3.54. The Morgan fingerprint density at radius 3 is 2.36 bits per heavy atom. The van der Waals surface area contributed by atoms with E-state index in [4.69, 9.17) is 11.5 Å². The van der Waals surface area contributed by atoms with Crippen LogP contribution < -0.4 is 11.5 Å². The van der Waals surface area contributed by atoms with Crippen LogP contribution >= 0.6 is 0 Å². The van der Waals surface area contributed by atoms with E-state index in [9.17, 15) is 10.2 Å². The molecule has 1 rings (SSSR count). The quantitative estimate of drug-likeness (QED) is 0.413. The first-order chi connectivity index (χ1) is 6.43. The Labute approximate surface area is 83.2 Å². The molecular weight excluding hydrogens is 180 g/mol. The number of hydrogen-bond acceptors (Lipinski definition) is 4. The molecule has 4 nitrogen and oxygen atoms in total. The van der Waals surface area contributed by atoms with E-state index >= 15 is 0 Å². The fraction of sp³-hybridized carbons (Fsp3) is 0.400. The standard InChI is InChI=1S/C10H16N2O2/c1-5-3-7(10(12)6(2)13)4-8(14)9(5)11/h3-4,6,10,13-14H,11-12H2,1-2H3/t6?,10-/m1/s1. The Kier molecular flexibility index (Phi) is 2.98. The van der Waals surface area contributed by atoms with Gasteiger partial charge in [0.15, 0.2) is 0 Å². The number of phenolic OH excluding ortho intramolecular Hbond substituents is 1. The SMILES string of the molecule is Cc1cc([C@H](N)C(C)O)cc(O)c1N. The fourth-order valence-electron chi connectivity index (χ4n) is 1.28. The lowest BCUT2D eigenvalue weighted by Crippen LogP contribution is -2.23. The maximum Gasteiger partial charge on any atom is 0.139 e. The van der Waals surface area contributed by atoms with Crippen LogP contribution in [0.3, 0.4) is 0 Å². The first-order valence-electron chi connectivity index (χ1n) is 4.46. The highest BCUT2D eigenvalue weighted by atomic mass is 16.3. The van der Waals surface area contributed by atoms with E-state index in [1.54, 1.807) is 19.9 Å². The molecule has 78 valence electrons. The lowest BCUT2D eigenvalue weighted by molar-refractivity contribution is 0.164. The number of phenols is 1. The maximum atomic E-state index is 9.45. The molecule has 0 aliphatic heterocycles. The van der Waals surface area contributed by atoms with Crippen molar-refractivity contribution < 1.29 is 10.2 Å². The normalized spacial score (nSPS) is 15.1. The minimum Gasteiger partial charge on any atom is -0.506 e. The number of nitrogens with two attached hydrogens (primary N) is 2. The second-order valence-corrected chi connectivity index (χ2v) is 3.54. The molecule has 0 spiro atoms. The summed E-state index contributed by atoms with van der Waals surface area (Å²) in [5.74, 6) is 0.0103. The molecule has 0 aliphatic carbocycles. The zero-order valence-electron chi connectivity index (χ0n) is 8.36. The zero-order valence-corrected chi connectivity index (χ0v) is 8.36. The molecule has 0 radical (unpaired) electrons. The van der Waals surface area contributed by atoms with E-state index in [1.807, 2.05) is 0 Å². The number of aromatic hydroxyl groups is 1. The summed E-state index contributed by atoms with van der Waals surface area (Å²) in [7, 11) is 0. The molecule has 14 heavy (non-hydrogen) atoms. The molecule has 1 unspecified atom stereocenters. The van der Waals surface area contributed by atoms with Crippen molar-refractivity contribution in [3.05, 3.63) is 23.3 Å². The molecule has 0 fully saturated rings. The minimum absolute atomic E-state index is 0.0103. The van der Waals surface area contributed by atoms with Gasteiger partial charge in [-0.2, -0.15) is 0 Å². The lowest BCUT2D eigenvalue weighted by Gasteiger charge is -2.16. The average molecular weight is 196 g/mol. The Hall–Kier alpha value is -1.26. The number of hydrogen-bond donors (Lipinski definition) is 4. The molecule has 6 N–H and O–H groups in total. The third kappa shape index (κ3) is 1.97. The maximum absolute atomic E-state index is 9.45. The van der Waals surface area contributed by atoms with Gasteiger partial charge in [-0.15, -0.1) is 0 Å². The summed E-state index contributed by atoms with van der Waals surface area (Å²) in [5.41, 5.74) is 13.1. The first-order valence-corrected chi connectivity index (χ1v) is 4.46. The molecule has 0 aromatic heterocycles. The Bertz CT molecular complexity index is 314. The van der Waals surface area contributed by atoms with E-state index < -0.39 is 12.1 Å². The van der Waals surface area contributed by atoms with Gasteiger partial charge in [0, 0.05) is 0 Å². The smallest absolute Gasteiger partial charge is 0.139 e. The van der Waals surface area contributed by atoms with Crippen LogP contribution in [0.4, 0.5) is 5.69 Å². The Morgan fingerprint density at radius 1 is 1.36 bits per heavy atom. The highest BCUT2D eigenvalue weighted by molar-refractivity contribution is 5.59. The summed E-state index contributed by atoms with van der Waals surface area (Å²) in [4.78, 5) is 0. The van der Waals surface area contributed by atoms with Crippen LogP contribution in [-0.2, 0) is 0 Å². The molecule has 1 aromatic carbocycles. The number of rotatable bonds is 2. The van der Waals surface area contributed by atoms with Crippen LogP contribution in [0.15, 0.2) is 12.1 Å². The second kappa shape index (κ2) is 3.86. The monoisotopic (exact) mass is 196 g/mol. The predicted octanol–water partition coefficient (Wildman–Crippen LogP) is 0.663. The van der Waals surface area contributed by atoms with E-state index in [2.05, 4.69) is 0 Å². The average Bonchev–Trinajstić information content (AvgIpc) is 2.12. The number of benzene rings is 1. The van der Waals surface area contributed by atoms with Crippen LogP contribution in [0, 0.1) is 6.92 Å². The fourth-order valence-corrected chi connectivity index (χ4v) is 1.28. The number of nitrogen functional groups attached to an aromatic ring is 1. The molecule has 0 saturated carbocycles. The van der Waals surface area contributed by atoms with E-state index in [0.717, 1.165) is 5.56 Å². The largest absolute Gasteiger partial charge is 0.506 e. The van der Waals surface area contributed by atoms with Crippen LogP contribution in [0.5, 0.6) is 5.75 Å². The lowest BCUT2D eigenvalue weighted by atomic mass is 10.00. The van der Waals surface area contributed by atoms with Gasteiger partial charge in [0.25, 0.3) is 0 Å². The highest BCUT2D eigenvalue weighted by Crippen LogP contribution is 2.28. The molecule has 2 atom stereocenters. The topological polar surface area (TPSA) is 92.5 Å².